The van der Waals surface area contributed by atoms with Crippen molar-refractivity contribution >= 4 is 17.9 Å². The first kappa shape index (κ1) is 16.3. The second kappa shape index (κ2) is 5.94. The van der Waals surface area contributed by atoms with Crippen LogP contribution >= 0.6 is 0 Å². The molecule has 0 saturated heterocycles. The minimum atomic E-state index is -1.23. The summed E-state index contributed by atoms with van der Waals surface area (Å²) in [7, 11) is 3.84. The summed E-state index contributed by atoms with van der Waals surface area (Å²) < 4.78 is 14.6. The second-order valence-corrected chi connectivity index (χ2v) is 5.56. The second-order valence-electron chi connectivity index (χ2n) is 5.56. The molecular weight excluding hydrogens is 288 g/mol. The van der Waals surface area contributed by atoms with Gasteiger partial charge in [-0.25, -0.2) is 4.79 Å². The van der Waals surface area contributed by atoms with Gasteiger partial charge in [0.1, 0.15) is 10.8 Å². The normalized spacial score (nSPS) is 29.9. The number of esters is 3. The van der Waals surface area contributed by atoms with Gasteiger partial charge in [0.2, 0.25) is 0 Å². The van der Waals surface area contributed by atoms with Gasteiger partial charge in [0.15, 0.2) is 0 Å². The smallest absolute Gasteiger partial charge is 0.337 e. The van der Waals surface area contributed by atoms with E-state index in [1.54, 1.807) is 6.08 Å². The zero-order valence-corrected chi connectivity index (χ0v) is 13.0. The summed E-state index contributed by atoms with van der Waals surface area (Å²) in [6, 6.07) is 0. The molecule has 2 aliphatic carbocycles. The van der Waals surface area contributed by atoms with Crippen LogP contribution in [-0.2, 0) is 28.6 Å². The molecule has 0 spiro atoms. The van der Waals surface area contributed by atoms with Crippen molar-refractivity contribution in [3.05, 3.63) is 23.8 Å². The number of hydrogen-bond acceptors (Lipinski definition) is 6. The molecule has 2 unspecified atom stereocenters. The van der Waals surface area contributed by atoms with Crippen molar-refractivity contribution in [2.45, 2.75) is 25.7 Å². The predicted molar refractivity (Wildman–Crippen MR) is 76.6 cm³/mol. The number of rotatable bonds is 3. The molecule has 0 N–H and O–H groups in total. The van der Waals surface area contributed by atoms with E-state index in [4.69, 9.17) is 14.2 Å². The van der Waals surface area contributed by atoms with Crippen LogP contribution in [0, 0.1) is 10.8 Å². The fourth-order valence-electron chi connectivity index (χ4n) is 3.54. The quantitative estimate of drug-likeness (QED) is 0.581. The summed E-state index contributed by atoms with van der Waals surface area (Å²) in [5.41, 5.74) is -2.12. The van der Waals surface area contributed by atoms with Gasteiger partial charge in [-0.05, 0) is 12.8 Å². The summed E-state index contributed by atoms with van der Waals surface area (Å²) in [6.07, 6.45) is 7.07. The van der Waals surface area contributed by atoms with Crippen LogP contribution in [0.4, 0.5) is 0 Å². The Bertz CT molecular complexity index is 561. The van der Waals surface area contributed by atoms with Crippen LogP contribution in [0.25, 0.3) is 0 Å². The molecule has 2 aliphatic rings. The van der Waals surface area contributed by atoms with Gasteiger partial charge in [-0.2, -0.15) is 0 Å². The van der Waals surface area contributed by atoms with Gasteiger partial charge in [-0.15, -0.1) is 0 Å². The van der Waals surface area contributed by atoms with Gasteiger partial charge in [0.25, 0.3) is 0 Å². The molecule has 2 atom stereocenters. The molecule has 120 valence electrons. The lowest BCUT2D eigenvalue weighted by Crippen LogP contribution is -2.54. The predicted octanol–water partition coefficient (Wildman–Crippen LogP) is 1.55. The van der Waals surface area contributed by atoms with Gasteiger partial charge in [-0.3, -0.25) is 9.59 Å². The highest BCUT2D eigenvalue weighted by Gasteiger charge is 2.62. The highest BCUT2D eigenvalue weighted by Crippen LogP contribution is 2.56. The lowest BCUT2D eigenvalue weighted by molar-refractivity contribution is -0.173. The number of hydrogen-bond donors (Lipinski definition) is 0. The molecule has 0 radical (unpaired) electrons. The van der Waals surface area contributed by atoms with E-state index < -0.39 is 28.7 Å². The molecule has 22 heavy (non-hydrogen) atoms. The maximum Gasteiger partial charge on any atom is 0.337 e. The molecule has 0 aliphatic heterocycles. The lowest BCUT2D eigenvalue weighted by Gasteiger charge is -2.48. The third kappa shape index (κ3) is 2.14. The Labute approximate surface area is 129 Å². The Morgan fingerprint density at radius 2 is 1.45 bits per heavy atom. The molecule has 6 nitrogen and oxygen atoms in total. The number of ether oxygens (including phenoxy) is 3. The number of fused-ring (bicyclic) bond motifs is 1. The summed E-state index contributed by atoms with van der Waals surface area (Å²) >= 11 is 0. The molecular formula is C16H20O6. The maximum absolute atomic E-state index is 12.5. The van der Waals surface area contributed by atoms with E-state index in [1.807, 2.05) is 0 Å². The van der Waals surface area contributed by atoms with E-state index in [9.17, 15) is 14.4 Å². The molecule has 0 bridgehead atoms. The zero-order valence-electron chi connectivity index (χ0n) is 13.0. The van der Waals surface area contributed by atoms with Crippen LogP contribution in [0.1, 0.15) is 25.7 Å². The molecule has 6 heteroatoms. The zero-order chi connectivity index (χ0) is 16.4. The standard InChI is InChI=1S/C16H20O6/c1-20-12(17)11-6-9-15(13(18)21-2)7-4-5-8-16(15,10-11)14(19)22-3/h6,9-10H,4-5,7-8H2,1-3H3. The molecule has 0 aromatic rings. The summed E-state index contributed by atoms with van der Waals surface area (Å²) in [5.74, 6) is -1.58. The van der Waals surface area contributed by atoms with Crippen molar-refractivity contribution in [3.8, 4) is 0 Å². The van der Waals surface area contributed by atoms with E-state index in [1.165, 1.54) is 33.5 Å². The van der Waals surface area contributed by atoms with Crippen molar-refractivity contribution < 1.29 is 28.6 Å². The van der Waals surface area contributed by atoms with E-state index >= 15 is 0 Å². The number of carbonyl (C=O) groups excluding carboxylic acids is 3. The van der Waals surface area contributed by atoms with Gasteiger partial charge >= 0.3 is 17.9 Å². The van der Waals surface area contributed by atoms with Gasteiger partial charge in [-0.1, -0.05) is 31.1 Å². The van der Waals surface area contributed by atoms with E-state index in [0.717, 1.165) is 12.8 Å². The van der Waals surface area contributed by atoms with Crippen molar-refractivity contribution in [2.24, 2.45) is 10.8 Å². The fourth-order valence-corrected chi connectivity index (χ4v) is 3.54. The van der Waals surface area contributed by atoms with Crippen LogP contribution in [0.15, 0.2) is 23.8 Å². The third-order valence-electron chi connectivity index (χ3n) is 4.66. The average Bonchev–Trinajstić information content (AvgIpc) is 2.58. The monoisotopic (exact) mass is 308 g/mol. The SMILES string of the molecule is COC(=O)C1=CC2(C(=O)OC)CCCCC2(C(=O)OC)C=C1. The van der Waals surface area contributed by atoms with Crippen molar-refractivity contribution in [1.82, 2.24) is 0 Å². The van der Waals surface area contributed by atoms with Crippen LogP contribution < -0.4 is 0 Å². The molecule has 0 aromatic carbocycles. The van der Waals surface area contributed by atoms with Gasteiger partial charge in [0.05, 0.1) is 26.9 Å². The van der Waals surface area contributed by atoms with Crippen LogP contribution in [-0.4, -0.2) is 39.2 Å². The van der Waals surface area contributed by atoms with Crippen LogP contribution in [0.2, 0.25) is 0 Å². The first-order valence-electron chi connectivity index (χ1n) is 7.14. The average molecular weight is 308 g/mol. The first-order chi connectivity index (χ1) is 10.5. The molecule has 0 heterocycles. The van der Waals surface area contributed by atoms with Gasteiger partial charge in [0, 0.05) is 0 Å². The van der Waals surface area contributed by atoms with Crippen molar-refractivity contribution in [3.63, 3.8) is 0 Å². The topological polar surface area (TPSA) is 78.9 Å². The Hall–Kier alpha value is -2.11. The lowest BCUT2D eigenvalue weighted by atomic mass is 9.53. The Balaban J connectivity index is 2.64. The number of methoxy groups -OCH3 is 3. The molecule has 2 rings (SSSR count). The third-order valence-corrected chi connectivity index (χ3v) is 4.66. The maximum atomic E-state index is 12.5. The minimum Gasteiger partial charge on any atom is -0.468 e. The van der Waals surface area contributed by atoms with Crippen molar-refractivity contribution in [2.75, 3.05) is 21.3 Å². The van der Waals surface area contributed by atoms with Gasteiger partial charge < -0.3 is 14.2 Å². The number of carbonyl (C=O) groups is 3. The summed E-state index contributed by atoms with van der Waals surface area (Å²) in [4.78, 5) is 36.8. The van der Waals surface area contributed by atoms with Crippen molar-refractivity contribution in [1.29, 1.82) is 0 Å². The largest absolute Gasteiger partial charge is 0.468 e. The molecule has 1 saturated carbocycles. The fraction of sp³-hybridized carbons (Fsp3) is 0.562. The van der Waals surface area contributed by atoms with E-state index in [-0.39, 0.29) is 5.57 Å². The highest BCUT2D eigenvalue weighted by molar-refractivity contribution is 5.98. The summed E-state index contributed by atoms with van der Waals surface area (Å²) in [6.45, 7) is 0. The summed E-state index contributed by atoms with van der Waals surface area (Å²) in [5, 5.41) is 0. The Kier molecular flexibility index (Phi) is 4.39. The van der Waals surface area contributed by atoms with Crippen LogP contribution in [0.3, 0.4) is 0 Å². The van der Waals surface area contributed by atoms with E-state index in [2.05, 4.69) is 0 Å². The molecule has 1 fully saturated rings. The van der Waals surface area contributed by atoms with Crippen LogP contribution in [0.5, 0.6) is 0 Å². The molecule has 0 aromatic heterocycles. The molecule has 0 amide bonds. The minimum absolute atomic E-state index is 0.245. The Morgan fingerprint density at radius 3 is 2.00 bits per heavy atom. The first-order valence-corrected chi connectivity index (χ1v) is 7.14. The Morgan fingerprint density at radius 1 is 0.909 bits per heavy atom. The van der Waals surface area contributed by atoms with E-state index in [0.29, 0.717) is 12.8 Å². The highest BCUT2D eigenvalue weighted by atomic mass is 16.5.